The number of carbonyl (C=O) groups excluding carboxylic acids is 5. The first-order chi connectivity index (χ1) is 18.4. The Labute approximate surface area is 231 Å². The number of carbonyl (C=O) groups is 5. The van der Waals surface area contributed by atoms with Gasteiger partial charge in [-0.15, -0.1) is 0 Å². The van der Waals surface area contributed by atoms with Gasteiger partial charge in [-0.1, -0.05) is 17.2 Å². The number of nitrogens with one attached hydrogen (secondary N) is 4. The number of alkyl carbamates (subject to hydrolysis) is 1. The van der Waals surface area contributed by atoms with Crippen LogP contribution >= 0.6 is 11.6 Å². The van der Waals surface area contributed by atoms with Gasteiger partial charge in [0.2, 0.25) is 11.8 Å². The lowest BCUT2D eigenvalue weighted by atomic mass is 9.98. The number of urea groups is 1. The maximum Gasteiger partial charge on any atom is 0.407 e. The molecule has 0 spiro atoms. The van der Waals surface area contributed by atoms with Gasteiger partial charge in [-0.25, -0.2) is 9.59 Å². The molecule has 4 rings (SSSR count). The molecule has 1 fully saturated rings. The number of benzene rings is 1. The topological polar surface area (TPSA) is 146 Å². The lowest BCUT2D eigenvalue weighted by Gasteiger charge is -2.29. The van der Waals surface area contributed by atoms with Gasteiger partial charge in [0.25, 0.3) is 5.91 Å². The van der Waals surface area contributed by atoms with Crippen molar-refractivity contribution < 1.29 is 28.7 Å². The molecule has 0 radical (unpaired) electrons. The predicted molar refractivity (Wildman–Crippen MR) is 144 cm³/mol. The molecule has 1 saturated heterocycles. The van der Waals surface area contributed by atoms with Crippen molar-refractivity contribution in [1.82, 2.24) is 20.9 Å². The molecule has 0 saturated carbocycles. The first kappa shape index (κ1) is 28.2. The number of nitrogens with zero attached hydrogens (tertiary/aromatic N) is 1. The second-order valence-corrected chi connectivity index (χ2v) is 11.2. The third-order valence-electron chi connectivity index (χ3n) is 6.40. The van der Waals surface area contributed by atoms with E-state index in [1.807, 2.05) is 6.08 Å². The summed E-state index contributed by atoms with van der Waals surface area (Å²) in [5, 5.41) is 11.1. The number of allylic oxidation sites excluding steroid dienone is 2. The van der Waals surface area contributed by atoms with Crippen LogP contribution in [0.3, 0.4) is 0 Å². The van der Waals surface area contributed by atoms with Gasteiger partial charge in [0, 0.05) is 35.8 Å². The Hall–Kier alpha value is -3.86. The molecule has 12 heteroatoms. The minimum absolute atomic E-state index is 0.181. The molecule has 1 aromatic carbocycles. The molecule has 1 aliphatic carbocycles. The number of anilines is 1. The van der Waals surface area contributed by atoms with Crippen LogP contribution in [0.4, 0.5) is 15.3 Å². The molecule has 6 amide bonds. The van der Waals surface area contributed by atoms with Crippen LogP contribution in [0.1, 0.15) is 62.4 Å². The van der Waals surface area contributed by atoms with Crippen molar-refractivity contribution in [2.75, 3.05) is 11.9 Å². The summed E-state index contributed by atoms with van der Waals surface area (Å²) >= 11 is 6.27. The second kappa shape index (κ2) is 11.5. The fraction of sp³-hybridized carbons (Fsp3) is 0.444. The molecule has 39 heavy (non-hydrogen) atoms. The van der Waals surface area contributed by atoms with Gasteiger partial charge in [-0.2, -0.15) is 0 Å². The molecule has 208 valence electrons. The largest absolute Gasteiger partial charge is 0.444 e. The number of amides is 6. The van der Waals surface area contributed by atoms with Gasteiger partial charge in [-0.05, 0) is 75.9 Å². The maximum atomic E-state index is 12.9. The first-order valence-electron chi connectivity index (χ1n) is 12.8. The Balaban J connectivity index is 1.29. The predicted octanol–water partition coefficient (Wildman–Crippen LogP) is 3.31. The fourth-order valence-corrected chi connectivity index (χ4v) is 5.04. The summed E-state index contributed by atoms with van der Waals surface area (Å²) in [6.07, 6.45) is 4.60. The van der Waals surface area contributed by atoms with Crippen molar-refractivity contribution in [3.05, 3.63) is 52.1 Å². The monoisotopic (exact) mass is 557 g/mol. The summed E-state index contributed by atoms with van der Waals surface area (Å²) < 4.78 is 5.23. The Kier molecular flexibility index (Phi) is 8.29. The summed E-state index contributed by atoms with van der Waals surface area (Å²) in [7, 11) is 0. The lowest BCUT2D eigenvalue weighted by molar-refractivity contribution is -0.136. The molecule has 1 aromatic rings. The summed E-state index contributed by atoms with van der Waals surface area (Å²) in [4.78, 5) is 62.6. The minimum atomic E-state index is -0.702. The summed E-state index contributed by atoms with van der Waals surface area (Å²) in [6, 6.07) is 3.46. The molecule has 11 nitrogen and oxygen atoms in total. The zero-order valence-electron chi connectivity index (χ0n) is 22.1. The fourth-order valence-electron chi connectivity index (χ4n) is 4.73. The van der Waals surface area contributed by atoms with Crippen molar-refractivity contribution in [2.24, 2.45) is 0 Å². The first-order valence-corrected chi connectivity index (χ1v) is 13.1. The molecule has 2 heterocycles. The van der Waals surface area contributed by atoms with Gasteiger partial charge in [0.1, 0.15) is 11.6 Å². The molecular weight excluding hydrogens is 526 g/mol. The van der Waals surface area contributed by atoms with E-state index >= 15 is 0 Å². The normalized spacial score (nSPS) is 20.9. The summed E-state index contributed by atoms with van der Waals surface area (Å²) in [5.41, 5.74) is 2.03. The van der Waals surface area contributed by atoms with E-state index in [2.05, 4.69) is 21.3 Å². The summed E-state index contributed by atoms with van der Waals surface area (Å²) in [5.74, 6) is -1.09. The molecule has 2 unspecified atom stereocenters. The summed E-state index contributed by atoms with van der Waals surface area (Å²) in [6.45, 7) is 5.96. The van der Waals surface area contributed by atoms with E-state index in [4.69, 9.17) is 16.3 Å². The van der Waals surface area contributed by atoms with E-state index in [0.717, 1.165) is 5.57 Å². The quantitative estimate of drug-likeness (QED) is 0.395. The van der Waals surface area contributed by atoms with Crippen LogP contribution in [0.15, 0.2) is 41.0 Å². The number of rotatable bonds is 6. The Morgan fingerprint density at radius 1 is 1.21 bits per heavy atom. The van der Waals surface area contributed by atoms with Crippen molar-refractivity contribution >= 4 is 47.1 Å². The van der Waals surface area contributed by atoms with Crippen LogP contribution in [-0.2, 0) is 20.9 Å². The zero-order valence-corrected chi connectivity index (χ0v) is 22.8. The molecule has 2 aliphatic heterocycles. The Bertz CT molecular complexity index is 1270. The lowest BCUT2D eigenvalue weighted by Crippen LogP contribution is -2.52. The average molecular weight is 558 g/mol. The van der Waals surface area contributed by atoms with Gasteiger partial charge < -0.3 is 25.6 Å². The van der Waals surface area contributed by atoms with Crippen LogP contribution in [0.2, 0.25) is 0 Å². The van der Waals surface area contributed by atoms with E-state index in [9.17, 15) is 24.0 Å². The molecule has 0 bridgehead atoms. The number of piperidine rings is 1. The molecule has 0 aromatic heterocycles. The van der Waals surface area contributed by atoms with Crippen LogP contribution in [-0.4, -0.2) is 59.0 Å². The van der Waals surface area contributed by atoms with Gasteiger partial charge >= 0.3 is 12.1 Å². The van der Waals surface area contributed by atoms with Crippen LogP contribution in [0, 0.1) is 0 Å². The molecule has 2 atom stereocenters. The number of ether oxygens (including phenoxy) is 1. The smallest absolute Gasteiger partial charge is 0.407 e. The van der Waals surface area contributed by atoms with E-state index in [1.54, 1.807) is 45.0 Å². The average Bonchev–Trinajstić information content (AvgIpc) is 3.13. The zero-order chi connectivity index (χ0) is 28.3. The van der Waals surface area contributed by atoms with E-state index in [-0.39, 0.29) is 37.2 Å². The maximum absolute atomic E-state index is 12.9. The van der Waals surface area contributed by atoms with Crippen LogP contribution in [0.5, 0.6) is 0 Å². The molecular formula is C27H32ClN5O6. The minimum Gasteiger partial charge on any atom is -0.444 e. The third kappa shape index (κ3) is 7.38. The van der Waals surface area contributed by atoms with Crippen molar-refractivity contribution in [3.63, 3.8) is 0 Å². The van der Waals surface area contributed by atoms with Gasteiger partial charge in [0.05, 0.1) is 6.04 Å². The molecule has 4 N–H and O–H groups in total. The highest BCUT2D eigenvalue weighted by Gasteiger charge is 2.39. The van der Waals surface area contributed by atoms with Crippen LogP contribution in [0.25, 0.3) is 0 Å². The number of halogens is 1. The SMILES string of the molecule is CC(C)(C)OC(=O)NCCC1=CC(Cl)=CC(NC(=O)Nc2ccc3c(c2)CN(C2CCC(=O)NC2=O)C3=O)C1. The van der Waals surface area contributed by atoms with Crippen molar-refractivity contribution in [3.8, 4) is 0 Å². The van der Waals surface area contributed by atoms with Crippen LogP contribution < -0.4 is 21.3 Å². The highest BCUT2D eigenvalue weighted by atomic mass is 35.5. The number of fused-ring (bicyclic) bond motifs is 1. The number of hydrogen-bond donors (Lipinski definition) is 4. The standard InChI is InChI=1S/C27H32ClN5O6/c1-27(2,3)39-26(38)29-9-8-15-10-17(28)13-19(11-15)31-25(37)30-18-4-5-20-16(12-18)14-33(24(20)36)21-6-7-22(34)32-23(21)35/h4-5,10,12-13,19,21H,6-9,11,14H2,1-3H3,(H,29,38)(H2,30,31,37)(H,32,34,35). The Morgan fingerprint density at radius 2 is 1.97 bits per heavy atom. The highest BCUT2D eigenvalue weighted by molar-refractivity contribution is 6.31. The number of hydrogen-bond acceptors (Lipinski definition) is 6. The second-order valence-electron chi connectivity index (χ2n) is 10.7. The van der Waals surface area contributed by atoms with Gasteiger partial charge in [0.15, 0.2) is 0 Å². The van der Waals surface area contributed by atoms with E-state index in [0.29, 0.717) is 41.2 Å². The van der Waals surface area contributed by atoms with E-state index < -0.39 is 29.7 Å². The highest BCUT2D eigenvalue weighted by Crippen LogP contribution is 2.29. The third-order valence-corrected chi connectivity index (χ3v) is 6.63. The van der Waals surface area contributed by atoms with E-state index in [1.165, 1.54) is 4.90 Å². The van der Waals surface area contributed by atoms with Gasteiger partial charge in [-0.3, -0.25) is 19.7 Å². The van der Waals surface area contributed by atoms with Crippen molar-refractivity contribution in [1.29, 1.82) is 0 Å². The molecule has 3 aliphatic rings. The number of imide groups is 1. The Morgan fingerprint density at radius 3 is 2.69 bits per heavy atom. The van der Waals surface area contributed by atoms with Crippen molar-refractivity contribution in [2.45, 2.75) is 70.7 Å².